The van der Waals surface area contributed by atoms with Crippen LogP contribution < -0.4 is 0 Å². The Balaban J connectivity index is 1.33. The molecule has 3 heterocycles. The van der Waals surface area contributed by atoms with Gasteiger partial charge in [0.1, 0.15) is 6.33 Å². The summed E-state index contributed by atoms with van der Waals surface area (Å²) >= 11 is 0. The van der Waals surface area contributed by atoms with Crippen LogP contribution >= 0.6 is 0 Å². The fourth-order valence-electron chi connectivity index (χ4n) is 4.68. The number of aromatic nitrogens is 4. The van der Waals surface area contributed by atoms with Crippen LogP contribution in [-0.4, -0.2) is 58.0 Å². The van der Waals surface area contributed by atoms with Gasteiger partial charge in [-0.25, -0.2) is 18.7 Å². The van der Waals surface area contributed by atoms with Gasteiger partial charge in [0.15, 0.2) is 5.65 Å². The second-order valence-electron chi connectivity index (χ2n) is 9.33. The average molecular weight is 512 g/mol. The van der Waals surface area contributed by atoms with Gasteiger partial charge in [-0.15, -0.1) is 4.09 Å². The molecule has 5 rings (SSSR count). The monoisotopic (exact) mass is 511 g/mol. The maximum atomic E-state index is 15.2. The second kappa shape index (κ2) is 9.67. The van der Waals surface area contributed by atoms with E-state index in [4.69, 9.17) is 0 Å². The average Bonchev–Trinajstić information content (AvgIpc) is 3.31. The minimum absolute atomic E-state index is 0.0226. The number of nitrogens with zero attached hydrogens (tertiary/aromatic N) is 5. The SMILES string of the molecule is Cc1ccc(S(=O)(=O)n2ncc3c(CC4CCN(CCc5ccccc5)CC4(F)F)ncnc32)cc1. The molecular weight excluding hydrogens is 484 g/mol. The fourth-order valence-corrected chi connectivity index (χ4v) is 5.91. The van der Waals surface area contributed by atoms with E-state index < -0.39 is 21.9 Å². The van der Waals surface area contributed by atoms with Crippen LogP contribution in [0.15, 0.2) is 72.0 Å². The van der Waals surface area contributed by atoms with Crippen molar-refractivity contribution in [2.45, 2.75) is 37.0 Å². The number of aryl methyl sites for hydroxylation is 1. The highest BCUT2D eigenvalue weighted by atomic mass is 32.2. The van der Waals surface area contributed by atoms with Crippen LogP contribution in [-0.2, 0) is 22.9 Å². The molecule has 1 unspecified atom stereocenters. The van der Waals surface area contributed by atoms with Crippen molar-refractivity contribution >= 4 is 21.1 Å². The Bertz CT molecular complexity index is 1460. The summed E-state index contributed by atoms with van der Waals surface area (Å²) in [5, 5.41) is 4.42. The van der Waals surface area contributed by atoms with E-state index in [1.165, 1.54) is 24.7 Å². The van der Waals surface area contributed by atoms with Crippen molar-refractivity contribution in [3.05, 3.63) is 83.9 Å². The number of hydrogen-bond donors (Lipinski definition) is 0. The van der Waals surface area contributed by atoms with Crippen LogP contribution in [0.25, 0.3) is 11.0 Å². The fraction of sp³-hybridized carbons (Fsp3) is 0.346. The number of likely N-dealkylation sites (tertiary alicyclic amines) is 1. The van der Waals surface area contributed by atoms with Gasteiger partial charge in [0, 0.05) is 12.5 Å². The first-order chi connectivity index (χ1) is 17.2. The minimum atomic E-state index is -3.99. The van der Waals surface area contributed by atoms with Gasteiger partial charge in [-0.3, -0.25) is 4.90 Å². The van der Waals surface area contributed by atoms with Crippen LogP contribution in [0.2, 0.25) is 0 Å². The van der Waals surface area contributed by atoms with E-state index in [0.29, 0.717) is 30.6 Å². The molecule has 1 saturated heterocycles. The van der Waals surface area contributed by atoms with Crippen molar-refractivity contribution in [1.29, 1.82) is 0 Å². The number of alkyl halides is 2. The largest absolute Gasteiger partial charge is 0.297 e. The van der Waals surface area contributed by atoms with Gasteiger partial charge in [-0.2, -0.15) is 13.5 Å². The molecule has 0 bridgehead atoms. The molecule has 2 aromatic heterocycles. The standard InChI is InChI=1S/C26H27F2N5O2S/c1-19-7-9-22(10-8-19)36(34,35)33-25-23(16-31-33)24(29-18-30-25)15-21-12-14-32(17-26(21,27)28)13-11-20-5-3-2-4-6-20/h2-10,16,18,21H,11-15,17H2,1H3. The molecule has 1 aliphatic heterocycles. The first-order valence-electron chi connectivity index (χ1n) is 11.9. The van der Waals surface area contributed by atoms with Crippen LogP contribution in [0.1, 0.15) is 23.2 Å². The van der Waals surface area contributed by atoms with E-state index in [0.717, 1.165) is 21.6 Å². The van der Waals surface area contributed by atoms with Gasteiger partial charge in [0.05, 0.1) is 28.7 Å². The normalized spacial score (nSPS) is 18.5. The molecule has 0 N–H and O–H groups in total. The topological polar surface area (TPSA) is 81.0 Å². The predicted molar refractivity (Wildman–Crippen MR) is 132 cm³/mol. The van der Waals surface area contributed by atoms with Crippen molar-refractivity contribution in [3.8, 4) is 0 Å². The Hall–Kier alpha value is -3.24. The van der Waals surface area contributed by atoms with Gasteiger partial charge >= 0.3 is 0 Å². The summed E-state index contributed by atoms with van der Waals surface area (Å²) in [7, 11) is -3.99. The van der Waals surface area contributed by atoms with Crippen molar-refractivity contribution < 1.29 is 17.2 Å². The molecule has 0 aliphatic carbocycles. The zero-order valence-corrected chi connectivity index (χ0v) is 20.7. The minimum Gasteiger partial charge on any atom is -0.297 e. The van der Waals surface area contributed by atoms with Gasteiger partial charge in [0.2, 0.25) is 0 Å². The zero-order valence-electron chi connectivity index (χ0n) is 19.9. The Labute approximate surface area is 208 Å². The highest BCUT2D eigenvalue weighted by molar-refractivity contribution is 7.90. The molecule has 1 fully saturated rings. The molecule has 7 nitrogen and oxygen atoms in total. The lowest BCUT2D eigenvalue weighted by Gasteiger charge is -2.38. The number of benzene rings is 2. The van der Waals surface area contributed by atoms with E-state index in [-0.39, 0.29) is 23.5 Å². The van der Waals surface area contributed by atoms with Gasteiger partial charge < -0.3 is 0 Å². The summed E-state index contributed by atoms with van der Waals surface area (Å²) in [5.41, 5.74) is 2.52. The lowest BCUT2D eigenvalue weighted by Crippen LogP contribution is -2.49. The molecule has 4 aromatic rings. The zero-order chi connectivity index (χ0) is 25.3. The maximum absolute atomic E-state index is 15.2. The Morgan fingerprint density at radius 1 is 1.06 bits per heavy atom. The molecule has 0 saturated carbocycles. The first kappa shape index (κ1) is 24.5. The van der Waals surface area contributed by atoms with Crippen molar-refractivity contribution in [2.75, 3.05) is 19.6 Å². The number of piperidine rings is 1. The maximum Gasteiger partial charge on any atom is 0.284 e. The van der Waals surface area contributed by atoms with Crippen LogP contribution in [0.4, 0.5) is 8.78 Å². The van der Waals surface area contributed by atoms with Crippen molar-refractivity contribution in [1.82, 2.24) is 24.1 Å². The number of halogens is 2. The number of hydrogen-bond acceptors (Lipinski definition) is 6. The Kier molecular flexibility index (Phi) is 6.57. The molecular formula is C26H27F2N5O2S. The molecule has 1 atom stereocenters. The first-order valence-corrected chi connectivity index (χ1v) is 13.3. The molecule has 0 amide bonds. The molecule has 1 aliphatic rings. The van der Waals surface area contributed by atoms with E-state index in [1.54, 1.807) is 12.1 Å². The molecule has 0 spiro atoms. The van der Waals surface area contributed by atoms with Gasteiger partial charge in [0.25, 0.3) is 15.9 Å². The van der Waals surface area contributed by atoms with Crippen LogP contribution in [0.3, 0.4) is 0 Å². The van der Waals surface area contributed by atoms with Crippen molar-refractivity contribution in [3.63, 3.8) is 0 Å². The second-order valence-corrected chi connectivity index (χ2v) is 11.1. The quantitative estimate of drug-likeness (QED) is 0.372. The van der Waals surface area contributed by atoms with E-state index >= 15 is 8.78 Å². The van der Waals surface area contributed by atoms with Gasteiger partial charge in [-0.1, -0.05) is 48.0 Å². The third-order valence-corrected chi connectivity index (χ3v) is 8.38. The third kappa shape index (κ3) is 4.87. The van der Waals surface area contributed by atoms with Crippen LogP contribution in [0, 0.1) is 12.8 Å². The summed E-state index contributed by atoms with van der Waals surface area (Å²) in [6.07, 6.45) is 3.64. The third-order valence-electron chi connectivity index (χ3n) is 6.79. The number of rotatable bonds is 7. The lowest BCUT2D eigenvalue weighted by molar-refractivity contribution is -0.110. The van der Waals surface area contributed by atoms with E-state index in [9.17, 15) is 8.42 Å². The molecule has 0 radical (unpaired) electrons. The van der Waals surface area contributed by atoms with Crippen LogP contribution in [0.5, 0.6) is 0 Å². The molecule has 36 heavy (non-hydrogen) atoms. The predicted octanol–water partition coefficient (Wildman–Crippen LogP) is 4.11. The van der Waals surface area contributed by atoms with Gasteiger partial charge in [-0.05, 0) is 50.4 Å². The Morgan fingerprint density at radius 2 is 1.81 bits per heavy atom. The highest BCUT2D eigenvalue weighted by Gasteiger charge is 2.44. The number of fused-ring (bicyclic) bond motifs is 1. The smallest absolute Gasteiger partial charge is 0.284 e. The molecule has 2 aromatic carbocycles. The summed E-state index contributed by atoms with van der Waals surface area (Å²) < 4.78 is 57.5. The van der Waals surface area contributed by atoms with Crippen molar-refractivity contribution in [2.24, 2.45) is 5.92 Å². The lowest BCUT2D eigenvalue weighted by atomic mass is 9.88. The van der Waals surface area contributed by atoms with E-state index in [2.05, 4.69) is 15.1 Å². The summed E-state index contributed by atoms with van der Waals surface area (Å²) in [6.45, 7) is 2.71. The highest BCUT2D eigenvalue weighted by Crippen LogP contribution is 2.36. The van der Waals surface area contributed by atoms with E-state index in [1.807, 2.05) is 42.2 Å². The molecule has 10 heteroatoms. The summed E-state index contributed by atoms with van der Waals surface area (Å²) in [5.74, 6) is -3.79. The molecule has 188 valence electrons. The summed E-state index contributed by atoms with van der Waals surface area (Å²) in [6, 6.07) is 16.3. The summed E-state index contributed by atoms with van der Waals surface area (Å²) in [4.78, 5) is 10.2. The Morgan fingerprint density at radius 3 is 2.53 bits per heavy atom.